The fraction of sp³-hybridized carbons (Fsp3) is 0.400. The number of amides is 1. The Labute approximate surface area is 157 Å². The minimum atomic E-state index is -0.165. The Balaban J connectivity index is 1.42. The highest BCUT2D eigenvalue weighted by Gasteiger charge is 2.33. The predicted octanol–water partition coefficient (Wildman–Crippen LogP) is 4.25. The summed E-state index contributed by atoms with van der Waals surface area (Å²) in [7, 11) is 0. The molecule has 1 amide bonds. The van der Waals surface area contributed by atoms with Gasteiger partial charge in [0.05, 0.1) is 6.54 Å². The third-order valence-electron chi connectivity index (χ3n) is 5.00. The van der Waals surface area contributed by atoms with Crippen LogP contribution >= 0.6 is 11.6 Å². The van der Waals surface area contributed by atoms with Gasteiger partial charge in [0, 0.05) is 18.9 Å². The summed E-state index contributed by atoms with van der Waals surface area (Å²) < 4.78 is 5.40. The predicted molar refractivity (Wildman–Crippen MR) is 98.9 cm³/mol. The van der Waals surface area contributed by atoms with E-state index in [9.17, 15) is 4.79 Å². The first-order valence-corrected chi connectivity index (χ1v) is 9.38. The Hall–Kier alpha value is -2.27. The number of halogens is 1. The van der Waals surface area contributed by atoms with E-state index in [1.54, 1.807) is 12.1 Å². The van der Waals surface area contributed by atoms with E-state index in [4.69, 9.17) is 20.9 Å². The molecule has 2 heterocycles. The molecule has 1 aliphatic heterocycles. The van der Waals surface area contributed by atoms with Crippen molar-refractivity contribution in [2.24, 2.45) is 11.1 Å². The molecule has 1 aromatic heterocycles. The van der Waals surface area contributed by atoms with E-state index < -0.39 is 0 Å². The number of nitrogens with zero attached hydrogens (tertiary/aromatic N) is 2. The summed E-state index contributed by atoms with van der Waals surface area (Å²) in [4.78, 5) is 20.4. The number of hydrogen-bond acceptors (Lipinski definition) is 4. The van der Waals surface area contributed by atoms with E-state index in [0.29, 0.717) is 30.5 Å². The molecule has 1 saturated carbocycles. The second-order valence-electron chi connectivity index (χ2n) is 6.91. The van der Waals surface area contributed by atoms with Crippen LogP contribution < -0.4 is 0 Å². The van der Waals surface area contributed by atoms with E-state index in [1.165, 1.54) is 0 Å². The second-order valence-corrected chi connectivity index (χ2v) is 7.28. The van der Waals surface area contributed by atoms with Gasteiger partial charge in [0.1, 0.15) is 5.71 Å². The summed E-state index contributed by atoms with van der Waals surface area (Å²) in [5.74, 6) is 1.00. The van der Waals surface area contributed by atoms with E-state index >= 15 is 0 Å². The van der Waals surface area contributed by atoms with Crippen molar-refractivity contribution in [2.45, 2.75) is 38.3 Å². The largest absolute Gasteiger partial charge is 0.443 e. The normalized spacial score (nSPS) is 19.6. The molecule has 5 nitrogen and oxygen atoms in total. The van der Waals surface area contributed by atoms with Gasteiger partial charge in [0.15, 0.2) is 17.1 Å². The van der Waals surface area contributed by atoms with Gasteiger partial charge in [-0.15, -0.1) is 0 Å². The van der Waals surface area contributed by atoms with Gasteiger partial charge in [0.2, 0.25) is 5.91 Å². The molecule has 26 heavy (non-hydrogen) atoms. The number of oxime groups is 1. The zero-order valence-corrected chi connectivity index (χ0v) is 15.2. The average molecular weight is 373 g/mol. The minimum absolute atomic E-state index is 0.157. The van der Waals surface area contributed by atoms with Crippen LogP contribution in [0.2, 0.25) is 5.22 Å². The number of furan rings is 1. The SMILES string of the molecule is O=C(C1CCC1)N(Cc1ccccc1)C[C@@H]1CC(c2ccc(Cl)o2)=NO1. The molecule has 0 radical (unpaired) electrons. The Morgan fingerprint density at radius 2 is 2.00 bits per heavy atom. The highest BCUT2D eigenvalue weighted by atomic mass is 35.5. The summed E-state index contributed by atoms with van der Waals surface area (Å²) in [6.45, 7) is 1.11. The third-order valence-corrected chi connectivity index (χ3v) is 5.20. The van der Waals surface area contributed by atoms with Crippen LogP contribution in [-0.4, -0.2) is 29.2 Å². The molecule has 4 rings (SSSR count). The average Bonchev–Trinajstić information content (AvgIpc) is 3.22. The molecule has 0 saturated heterocycles. The summed E-state index contributed by atoms with van der Waals surface area (Å²) in [6.07, 6.45) is 3.56. The van der Waals surface area contributed by atoms with Gasteiger partial charge in [-0.1, -0.05) is 41.9 Å². The van der Waals surface area contributed by atoms with E-state index in [1.807, 2.05) is 35.2 Å². The lowest BCUT2D eigenvalue weighted by atomic mass is 9.84. The van der Waals surface area contributed by atoms with E-state index in [2.05, 4.69) is 5.16 Å². The lowest BCUT2D eigenvalue weighted by Crippen LogP contribution is -2.42. The van der Waals surface area contributed by atoms with Crippen molar-refractivity contribution in [2.75, 3.05) is 6.54 Å². The van der Waals surface area contributed by atoms with Crippen LogP contribution in [0, 0.1) is 5.92 Å². The topological polar surface area (TPSA) is 55.0 Å². The fourth-order valence-electron chi connectivity index (χ4n) is 3.34. The van der Waals surface area contributed by atoms with E-state index in [-0.39, 0.29) is 17.9 Å². The van der Waals surface area contributed by atoms with Crippen molar-refractivity contribution in [3.63, 3.8) is 0 Å². The van der Waals surface area contributed by atoms with Crippen LogP contribution in [0.5, 0.6) is 0 Å². The van der Waals surface area contributed by atoms with Crippen molar-refractivity contribution in [3.8, 4) is 0 Å². The monoisotopic (exact) mass is 372 g/mol. The summed E-state index contributed by atoms with van der Waals surface area (Å²) >= 11 is 5.83. The van der Waals surface area contributed by atoms with Gasteiger partial charge in [-0.05, 0) is 42.1 Å². The van der Waals surface area contributed by atoms with Crippen LogP contribution in [0.4, 0.5) is 0 Å². The molecule has 0 unspecified atom stereocenters. The highest BCUT2D eigenvalue weighted by Crippen LogP contribution is 2.30. The lowest BCUT2D eigenvalue weighted by Gasteiger charge is -2.32. The number of benzene rings is 1. The maximum Gasteiger partial charge on any atom is 0.226 e. The molecular formula is C20H21ClN2O3. The molecule has 6 heteroatoms. The van der Waals surface area contributed by atoms with Crippen LogP contribution in [-0.2, 0) is 16.2 Å². The molecule has 136 valence electrons. The Kier molecular flexibility index (Phi) is 4.98. The first-order chi connectivity index (χ1) is 12.7. The van der Waals surface area contributed by atoms with Gasteiger partial charge in [-0.3, -0.25) is 4.79 Å². The molecule has 1 aliphatic carbocycles. The van der Waals surface area contributed by atoms with Crippen LogP contribution in [0.3, 0.4) is 0 Å². The molecule has 2 aliphatic rings. The van der Waals surface area contributed by atoms with Gasteiger partial charge in [0.25, 0.3) is 0 Å². The van der Waals surface area contributed by atoms with Crippen molar-refractivity contribution < 1.29 is 14.0 Å². The number of carbonyl (C=O) groups excluding carboxylic acids is 1. The Morgan fingerprint density at radius 1 is 1.19 bits per heavy atom. The molecule has 0 bridgehead atoms. The van der Waals surface area contributed by atoms with Crippen LogP contribution in [0.1, 0.15) is 37.0 Å². The quantitative estimate of drug-likeness (QED) is 0.761. The number of carbonyl (C=O) groups is 1. The first kappa shape index (κ1) is 17.2. The maximum absolute atomic E-state index is 12.9. The van der Waals surface area contributed by atoms with Crippen LogP contribution in [0.25, 0.3) is 0 Å². The molecular weight excluding hydrogens is 352 g/mol. The summed E-state index contributed by atoms with van der Waals surface area (Å²) in [5.41, 5.74) is 1.86. The molecule has 1 atom stereocenters. The zero-order chi connectivity index (χ0) is 17.9. The zero-order valence-electron chi connectivity index (χ0n) is 14.4. The molecule has 1 fully saturated rings. The lowest BCUT2D eigenvalue weighted by molar-refractivity contribution is -0.140. The highest BCUT2D eigenvalue weighted by molar-refractivity contribution is 6.29. The van der Waals surface area contributed by atoms with Crippen molar-refractivity contribution in [3.05, 3.63) is 59.0 Å². The smallest absolute Gasteiger partial charge is 0.226 e. The molecule has 2 aromatic rings. The summed E-state index contributed by atoms with van der Waals surface area (Å²) in [6, 6.07) is 13.5. The van der Waals surface area contributed by atoms with Crippen molar-refractivity contribution >= 4 is 23.2 Å². The molecule has 0 spiro atoms. The Bertz CT molecular complexity index is 798. The molecule has 1 aromatic carbocycles. The third kappa shape index (κ3) is 3.78. The second kappa shape index (κ2) is 7.54. The fourth-order valence-corrected chi connectivity index (χ4v) is 3.48. The van der Waals surface area contributed by atoms with Gasteiger partial charge in [-0.25, -0.2) is 0 Å². The van der Waals surface area contributed by atoms with Crippen molar-refractivity contribution in [1.29, 1.82) is 0 Å². The van der Waals surface area contributed by atoms with Crippen LogP contribution in [0.15, 0.2) is 52.0 Å². The first-order valence-electron chi connectivity index (χ1n) is 9.00. The number of rotatable bonds is 6. The molecule has 0 N–H and O–H groups in total. The summed E-state index contributed by atoms with van der Waals surface area (Å²) in [5, 5.41) is 4.46. The minimum Gasteiger partial charge on any atom is -0.443 e. The van der Waals surface area contributed by atoms with E-state index in [0.717, 1.165) is 30.5 Å². The number of hydrogen-bond donors (Lipinski definition) is 0. The maximum atomic E-state index is 12.9. The standard InChI is InChI=1S/C20H21ClN2O3/c21-19-10-9-18(25-19)17-11-16(26-22-17)13-23(20(24)15-7-4-8-15)12-14-5-2-1-3-6-14/h1-3,5-6,9-10,15-16H,4,7-8,11-13H2/t16-/m0/s1. The van der Waals surface area contributed by atoms with Gasteiger partial charge >= 0.3 is 0 Å². The van der Waals surface area contributed by atoms with Crippen molar-refractivity contribution in [1.82, 2.24) is 4.90 Å². The Morgan fingerprint density at radius 3 is 2.65 bits per heavy atom. The van der Waals surface area contributed by atoms with Gasteiger partial charge < -0.3 is 14.2 Å². The van der Waals surface area contributed by atoms with Gasteiger partial charge in [-0.2, -0.15) is 0 Å².